The van der Waals surface area contributed by atoms with Gasteiger partial charge in [-0.15, -0.1) is 0 Å². The summed E-state index contributed by atoms with van der Waals surface area (Å²) in [6.45, 7) is 3.75. The molecule has 0 radical (unpaired) electrons. The number of halogens is 2. The SMILES string of the molecule is Cc1ccc(Nc2ccc(Br)c(C)n2)c(F)c1. The fraction of sp³-hybridized carbons (Fsp3) is 0.154. The Labute approximate surface area is 108 Å². The van der Waals surface area contributed by atoms with E-state index < -0.39 is 0 Å². The highest BCUT2D eigenvalue weighted by Gasteiger charge is 2.04. The number of hydrogen-bond donors (Lipinski definition) is 1. The number of rotatable bonds is 2. The van der Waals surface area contributed by atoms with Gasteiger partial charge in [0.2, 0.25) is 0 Å². The molecule has 0 aliphatic heterocycles. The van der Waals surface area contributed by atoms with E-state index in [-0.39, 0.29) is 5.82 Å². The second-order valence-electron chi connectivity index (χ2n) is 3.87. The van der Waals surface area contributed by atoms with Crippen LogP contribution in [0.5, 0.6) is 0 Å². The summed E-state index contributed by atoms with van der Waals surface area (Å²) in [6.07, 6.45) is 0. The van der Waals surface area contributed by atoms with Gasteiger partial charge in [-0.25, -0.2) is 9.37 Å². The normalized spacial score (nSPS) is 10.4. The van der Waals surface area contributed by atoms with E-state index in [9.17, 15) is 4.39 Å². The molecule has 0 spiro atoms. The molecule has 1 aromatic heterocycles. The van der Waals surface area contributed by atoms with Crippen LogP contribution in [0.2, 0.25) is 0 Å². The third kappa shape index (κ3) is 2.82. The number of benzene rings is 1. The predicted molar refractivity (Wildman–Crippen MR) is 71.1 cm³/mol. The lowest BCUT2D eigenvalue weighted by molar-refractivity contribution is 0.630. The Kier molecular flexibility index (Phi) is 3.43. The van der Waals surface area contributed by atoms with Crippen LogP contribution >= 0.6 is 15.9 Å². The first-order valence-corrected chi connectivity index (χ1v) is 6.02. The molecule has 0 aliphatic carbocycles. The van der Waals surface area contributed by atoms with Gasteiger partial charge in [-0.2, -0.15) is 0 Å². The molecule has 2 aromatic rings. The summed E-state index contributed by atoms with van der Waals surface area (Å²) in [5.74, 6) is 0.362. The lowest BCUT2D eigenvalue weighted by Crippen LogP contribution is -1.97. The van der Waals surface area contributed by atoms with Crippen molar-refractivity contribution in [2.24, 2.45) is 0 Å². The molecular weight excluding hydrogens is 283 g/mol. The first-order chi connectivity index (χ1) is 8.06. The lowest BCUT2D eigenvalue weighted by Gasteiger charge is -2.08. The predicted octanol–water partition coefficient (Wildman–Crippen LogP) is 4.34. The van der Waals surface area contributed by atoms with Gasteiger partial charge in [-0.1, -0.05) is 6.07 Å². The maximum atomic E-state index is 13.6. The molecule has 0 saturated carbocycles. The molecule has 2 nitrogen and oxygen atoms in total. The van der Waals surface area contributed by atoms with Crippen LogP contribution in [-0.4, -0.2) is 4.98 Å². The van der Waals surface area contributed by atoms with Crippen LogP contribution in [0, 0.1) is 19.7 Å². The molecule has 1 heterocycles. The van der Waals surface area contributed by atoms with Gasteiger partial charge in [0.1, 0.15) is 11.6 Å². The van der Waals surface area contributed by atoms with Crippen molar-refractivity contribution < 1.29 is 4.39 Å². The summed E-state index contributed by atoms with van der Waals surface area (Å²) in [5, 5.41) is 2.96. The summed E-state index contributed by atoms with van der Waals surface area (Å²) in [4.78, 5) is 4.31. The maximum Gasteiger partial charge on any atom is 0.146 e. The first-order valence-electron chi connectivity index (χ1n) is 5.22. The zero-order valence-electron chi connectivity index (χ0n) is 9.59. The molecule has 1 aromatic carbocycles. The van der Waals surface area contributed by atoms with E-state index in [4.69, 9.17) is 0 Å². The molecule has 0 atom stereocenters. The molecule has 0 unspecified atom stereocenters. The molecule has 4 heteroatoms. The Bertz CT molecular complexity index is 555. The van der Waals surface area contributed by atoms with Gasteiger partial charge >= 0.3 is 0 Å². The Morgan fingerprint density at radius 1 is 1.18 bits per heavy atom. The van der Waals surface area contributed by atoms with Crippen LogP contribution in [0.15, 0.2) is 34.8 Å². The van der Waals surface area contributed by atoms with Crippen molar-refractivity contribution in [1.29, 1.82) is 0 Å². The third-order valence-electron chi connectivity index (χ3n) is 2.41. The van der Waals surface area contributed by atoms with Crippen molar-refractivity contribution in [3.8, 4) is 0 Å². The number of pyridine rings is 1. The minimum absolute atomic E-state index is 0.271. The van der Waals surface area contributed by atoms with Gasteiger partial charge in [-0.05, 0) is 59.6 Å². The zero-order chi connectivity index (χ0) is 12.4. The number of nitrogens with one attached hydrogen (secondary N) is 1. The van der Waals surface area contributed by atoms with Gasteiger partial charge in [0, 0.05) is 4.47 Å². The Hall–Kier alpha value is -1.42. The molecule has 88 valence electrons. The van der Waals surface area contributed by atoms with E-state index in [1.165, 1.54) is 6.07 Å². The Balaban J connectivity index is 2.28. The summed E-state index contributed by atoms with van der Waals surface area (Å²) in [6, 6.07) is 8.75. The topological polar surface area (TPSA) is 24.9 Å². The van der Waals surface area contributed by atoms with E-state index in [1.54, 1.807) is 12.1 Å². The van der Waals surface area contributed by atoms with Crippen LogP contribution in [-0.2, 0) is 0 Å². The molecule has 0 bridgehead atoms. The number of aromatic nitrogens is 1. The van der Waals surface area contributed by atoms with E-state index >= 15 is 0 Å². The molecule has 0 amide bonds. The van der Waals surface area contributed by atoms with E-state index in [0.717, 1.165) is 15.7 Å². The van der Waals surface area contributed by atoms with Crippen LogP contribution in [0.25, 0.3) is 0 Å². The fourth-order valence-corrected chi connectivity index (χ4v) is 1.69. The highest BCUT2D eigenvalue weighted by Crippen LogP contribution is 2.22. The second-order valence-corrected chi connectivity index (χ2v) is 4.73. The first kappa shape index (κ1) is 12.0. The van der Waals surface area contributed by atoms with E-state index in [1.807, 2.05) is 26.0 Å². The number of hydrogen-bond acceptors (Lipinski definition) is 2. The van der Waals surface area contributed by atoms with Crippen molar-refractivity contribution in [1.82, 2.24) is 4.98 Å². The van der Waals surface area contributed by atoms with Crippen LogP contribution in [0.1, 0.15) is 11.3 Å². The van der Waals surface area contributed by atoms with Gasteiger partial charge < -0.3 is 5.32 Å². The van der Waals surface area contributed by atoms with Crippen LogP contribution in [0.4, 0.5) is 15.9 Å². The minimum Gasteiger partial charge on any atom is -0.338 e. The number of anilines is 2. The zero-order valence-corrected chi connectivity index (χ0v) is 11.2. The second kappa shape index (κ2) is 4.84. The maximum absolute atomic E-state index is 13.6. The number of nitrogens with zero attached hydrogens (tertiary/aromatic N) is 1. The van der Waals surface area contributed by atoms with Crippen molar-refractivity contribution in [3.05, 3.63) is 51.9 Å². The molecule has 1 N–H and O–H groups in total. The number of aryl methyl sites for hydroxylation is 2. The molecule has 17 heavy (non-hydrogen) atoms. The average molecular weight is 295 g/mol. The monoisotopic (exact) mass is 294 g/mol. The molecule has 0 fully saturated rings. The molecule has 0 saturated heterocycles. The van der Waals surface area contributed by atoms with Gasteiger partial charge in [0.25, 0.3) is 0 Å². The standard InChI is InChI=1S/C13H12BrFN2/c1-8-3-5-12(11(15)7-8)17-13-6-4-10(14)9(2)16-13/h3-7H,1-2H3,(H,16,17). The summed E-state index contributed by atoms with van der Waals surface area (Å²) < 4.78 is 14.6. The smallest absolute Gasteiger partial charge is 0.146 e. The van der Waals surface area contributed by atoms with E-state index in [2.05, 4.69) is 26.2 Å². The van der Waals surface area contributed by atoms with Crippen molar-refractivity contribution >= 4 is 27.4 Å². The average Bonchev–Trinajstić information content (AvgIpc) is 2.27. The van der Waals surface area contributed by atoms with Crippen LogP contribution in [0.3, 0.4) is 0 Å². The minimum atomic E-state index is -0.271. The summed E-state index contributed by atoms with van der Waals surface area (Å²) >= 11 is 3.37. The van der Waals surface area contributed by atoms with Crippen molar-refractivity contribution in [3.63, 3.8) is 0 Å². The third-order valence-corrected chi connectivity index (χ3v) is 3.25. The van der Waals surface area contributed by atoms with Gasteiger partial charge in [0.05, 0.1) is 11.4 Å². The Morgan fingerprint density at radius 2 is 1.94 bits per heavy atom. The highest BCUT2D eigenvalue weighted by molar-refractivity contribution is 9.10. The largest absolute Gasteiger partial charge is 0.338 e. The lowest BCUT2D eigenvalue weighted by atomic mass is 10.2. The molecule has 0 aliphatic rings. The Morgan fingerprint density at radius 3 is 2.59 bits per heavy atom. The van der Waals surface area contributed by atoms with Crippen LogP contribution < -0.4 is 5.32 Å². The summed E-state index contributed by atoms with van der Waals surface area (Å²) in [5.41, 5.74) is 2.19. The molecule has 2 rings (SSSR count). The fourth-order valence-electron chi connectivity index (χ4n) is 1.47. The van der Waals surface area contributed by atoms with Crippen molar-refractivity contribution in [2.75, 3.05) is 5.32 Å². The quantitative estimate of drug-likeness (QED) is 0.891. The van der Waals surface area contributed by atoms with Gasteiger partial charge in [0.15, 0.2) is 0 Å². The van der Waals surface area contributed by atoms with E-state index in [0.29, 0.717) is 11.5 Å². The van der Waals surface area contributed by atoms with Crippen molar-refractivity contribution in [2.45, 2.75) is 13.8 Å². The van der Waals surface area contributed by atoms with Gasteiger partial charge in [-0.3, -0.25) is 0 Å². The summed E-state index contributed by atoms with van der Waals surface area (Å²) in [7, 11) is 0. The molecular formula is C13H12BrFN2. The highest BCUT2D eigenvalue weighted by atomic mass is 79.9.